The summed E-state index contributed by atoms with van der Waals surface area (Å²) >= 11 is 0. The number of nitrogens with zero attached hydrogens (tertiary/aromatic N) is 4. The van der Waals surface area contributed by atoms with Crippen molar-refractivity contribution in [1.82, 2.24) is 19.6 Å². The van der Waals surface area contributed by atoms with Crippen molar-refractivity contribution in [2.24, 2.45) is 0 Å². The quantitative estimate of drug-likeness (QED) is 0.816. The van der Waals surface area contributed by atoms with E-state index in [4.69, 9.17) is 0 Å². The molecule has 0 saturated heterocycles. The summed E-state index contributed by atoms with van der Waals surface area (Å²) in [6.07, 6.45) is 1.69. The van der Waals surface area contributed by atoms with Gasteiger partial charge in [0.05, 0.1) is 11.4 Å². The Morgan fingerprint density at radius 3 is 2.71 bits per heavy atom. The van der Waals surface area contributed by atoms with Crippen molar-refractivity contribution in [3.05, 3.63) is 35.8 Å². The number of imidazole rings is 1. The Morgan fingerprint density at radius 2 is 2.12 bits per heavy atom. The Bertz CT molecular complexity index is 505. The highest BCUT2D eigenvalue weighted by Crippen LogP contribution is 2.19. The molecule has 0 aliphatic heterocycles. The zero-order valence-corrected chi connectivity index (χ0v) is 10.3. The van der Waals surface area contributed by atoms with Crippen molar-refractivity contribution in [2.75, 3.05) is 14.1 Å². The lowest BCUT2D eigenvalue weighted by atomic mass is 10.3. The summed E-state index contributed by atoms with van der Waals surface area (Å²) in [5.41, 5.74) is 2.28. The predicted octanol–water partition coefficient (Wildman–Crippen LogP) is 1.55. The number of aromatic nitrogens is 3. The van der Waals surface area contributed by atoms with Crippen molar-refractivity contribution >= 4 is 0 Å². The van der Waals surface area contributed by atoms with E-state index in [2.05, 4.69) is 9.97 Å². The second kappa shape index (κ2) is 4.55. The third kappa shape index (κ3) is 2.29. The molecule has 2 aromatic rings. The average Bonchev–Trinajstić information content (AvgIpc) is 2.58. The molecule has 90 valence electrons. The van der Waals surface area contributed by atoms with Gasteiger partial charge in [-0.15, -0.1) is 0 Å². The number of aryl methyl sites for hydroxylation is 1. The molecule has 5 nitrogen and oxygen atoms in total. The summed E-state index contributed by atoms with van der Waals surface area (Å²) in [6.45, 7) is 2.53. The molecule has 0 aromatic carbocycles. The van der Waals surface area contributed by atoms with Crippen LogP contribution in [-0.4, -0.2) is 38.9 Å². The summed E-state index contributed by atoms with van der Waals surface area (Å²) in [5, 5.41) is 10.1. The summed E-state index contributed by atoms with van der Waals surface area (Å²) in [7, 11) is 3.90. The topological polar surface area (TPSA) is 54.2 Å². The minimum Gasteiger partial charge on any atom is -0.426 e. The van der Waals surface area contributed by atoms with Crippen molar-refractivity contribution in [3.8, 4) is 11.5 Å². The maximum atomic E-state index is 10.1. The molecular weight excluding hydrogens is 216 g/mol. The highest BCUT2D eigenvalue weighted by atomic mass is 16.5. The van der Waals surface area contributed by atoms with Crippen LogP contribution in [0.15, 0.2) is 24.4 Å². The number of hydrogen-bond acceptors (Lipinski definition) is 4. The molecule has 0 amide bonds. The van der Waals surface area contributed by atoms with Gasteiger partial charge in [-0.1, -0.05) is 6.07 Å². The average molecular weight is 232 g/mol. The highest BCUT2D eigenvalue weighted by Gasteiger charge is 2.16. The molecule has 0 atom stereocenters. The summed E-state index contributed by atoms with van der Waals surface area (Å²) in [6, 6.07) is 5.54. The van der Waals surface area contributed by atoms with Crippen LogP contribution >= 0.6 is 0 Å². The van der Waals surface area contributed by atoms with Crippen LogP contribution in [0.4, 0.5) is 0 Å². The van der Waals surface area contributed by atoms with Crippen LogP contribution in [0.5, 0.6) is 0 Å². The summed E-state index contributed by atoms with van der Waals surface area (Å²) < 4.78 is 1.12. The standard InChI is InChI=1S/C12H16N4O/c1-9-11(8-15(2)3)16(17)12(14-9)10-6-4-5-7-13-10/h4-7,17H,8H2,1-3H3. The monoisotopic (exact) mass is 232 g/mol. The Kier molecular flexibility index (Phi) is 3.10. The van der Waals surface area contributed by atoms with Crippen LogP contribution in [-0.2, 0) is 6.54 Å². The van der Waals surface area contributed by atoms with Gasteiger partial charge in [0.15, 0.2) is 5.82 Å². The molecule has 5 heteroatoms. The Hall–Kier alpha value is -1.88. The Balaban J connectivity index is 2.44. The molecule has 2 aromatic heterocycles. The van der Waals surface area contributed by atoms with E-state index in [1.54, 1.807) is 6.20 Å². The molecular formula is C12H16N4O. The zero-order valence-electron chi connectivity index (χ0n) is 10.3. The van der Waals surface area contributed by atoms with Gasteiger partial charge in [-0.3, -0.25) is 4.98 Å². The lowest BCUT2D eigenvalue weighted by molar-refractivity contribution is 0.172. The van der Waals surface area contributed by atoms with Crippen LogP contribution in [0, 0.1) is 6.92 Å². The highest BCUT2D eigenvalue weighted by molar-refractivity contribution is 5.50. The lowest BCUT2D eigenvalue weighted by Gasteiger charge is -2.10. The van der Waals surface area contributed by atoms with E-state index in [-0.39, 0.29) is 0 Å². The van der Waals surface area contributed by atoms with Gasteiger partial charge in [-0.05, 0) is 33.2 Å². The minimum atomic E-state index is 0.486. The SMILES string of the molecule is Cc1nc(-c2ccccn2)n(O)c1CN(C)C. The maximum Gasteiger partial charge on any atom is 0.194 e. The number of rotatable bonds is 3. The third-order valence-corrected chi connectivity index (χ3v) is 2.51. The molecule has 1 N–H and O–H groups in total. The molecule has 2 heterocycles. The van der Waals surface area contributed by atoms with Crippen LogP contribution in [0.2, 0.25) is 0 Å². The van der Waals surface area contributed by atoms with E-state index in [9.17, 15) is 5.21 Å². The second-order valence-electron chi connectivity index (χ2n) is 4.23. The molecule has 2 rings (SSSR count). The van der Waals surface area contributed by atoms with Crippen LogP contribution in [0.3, 0.4) is 0 Å². The molecule has 0 aliphatic carbocycles. The van der Waals surface area contributed by atoms with Crippen LogP contribution < -0.4 is 0 Å². The first-order valence-electron chi connectivity index (χ1n) is 5.43. The van der Waals surface area contributed by atoms with Gasteiger partial charge in [0, 0.05) is 12.7 Å². The molecule has 0 saturated carbocycles. The van der Waals surface area contributed by atoms with Gasteiger partial charge < -0.3 is 10.1 Å². The maximum absolute atomic E-state index is 10.1. The Morgan fingerprint density at radius 1 is 1.35 bits per heavy atom. The normalized spacial score (nSPS) is 11.1. The first kappa shape index (κ1) is 11.6. The van der Waals surface area contributed by atoms with E-state index >= 15 is 0 Å². The van der Waals surface area contributed by atoms with Gasteiger partial charge in [-0.25, -0.2) is 4.98 Å². The van der Waals surface area contributed by atoms with Crippen molar-refractivity contribution in [3.63, 3.8) is 0 Å². The van der Waals surface area contributed by atoms with Gasteiger partial charge in [-0.2, -0.15) is 4.73 Å². The summed E-state index contributed by atoms with van der Waals surface area (Å²) in [5.74, 6) is 0.486. The van der Waals surface area contributed by atoms with E-state index in [1.807, 2.05) is 44.1 Å². The molecule has 0 aliphatic rings. The molecule has 17 heavy (non-hydrogen) atoms. The zero-order chi connectivity index (χ0) is 12.4. The Labute approximate surface area is 100 Å². The van der Waals surface area contributed by atoms with Crippen molar-refractivity contribution in [1.29, 1.82) is 0 Å². The molecule has 0 unspecified atom stereocenters. The van der Waals surface area contributed by atoms with E-state index in [0.29, 0.717) is 18.1 Å². The first-order chi connectivity index (χ1) is 8.09. The third-order valence-electron chi connectivity index (χ3n) is 2.51. The first-order valence-corrected chi connectivity index (χ1v) is 5.43. The molecule has 0 fully saturated rings. The minimum absolute atomic E-state index is 0.486. The van der Waals surface area contributed by atoms with Crippen molar-refractivity contribution in [2.45, 2.75) is 13.5 Å². The largest absolute Gasteiger partial charge is 0.426 e. The smallest absolute Gasteiger partial charge is 0.194 e. The van der Waals surface area contributed by atoms with Crippen LogP contribution in [0.25, 0.3) is 11.5 Å². The predicted molar refractivity (Wildman–Crippen MR) is 64.8 cm³/mol. The van der Waals surface area contributed by atoms with Gasteiger partial charge in [0.1, 0.15) is 5.69 Å². The summed E-state index contributed by atoms with van der Waals surface area (Å²) in [4.78, 5) is 10.5. The van der Waals surface area contributed by atoms with Gasteiger partial charge in [0.2, 0.25) is 0 Å². The fourth-order valence-corrected chi connectivity index (χ4v) is 1.69. The number of pyridine rings is 1. The van der Waals surface area contributed by atoms with Crippen LogP contribution in [0.1, 0.15) is 11.4 Å². The second-order valence-corrected chi connectivity index (χ2v) is 4.23. The van der Waals surface area contributed by atoms with Gasteiger partial charge >= 0.3 is 0 Å². The van der Waals surface area contributed by atoms with E-state index in [0.717, 1.165) is 16.1 Å². The van der Waals surface area contributed by atoms with Crippen molar-refractivity contribution < 1.29 is 5.21 Å². The van der Waals surface area contributed by atoms with E-state index in [1.165, 1.54) is 0 Å². The fourth-order valence-electron chi connectivity index (χ4n) is 1.69. The fraction of sp³-hybridized carbons (Fsp3) is 0.333. The molecule has 0 spiro atoms. The lowest BCUT2D eigenvalue weighted by Crippen LogP contribution is -2.15. The van der Waals surface area contributed by atoms with Gasteiger partial charge in [0.25, 0.3) is 0 Å². The number of hydrogen-bond donors (Lipinski definition) is 1. The molecule has 0 radical (unpaired) electrons. The molecule has 0 bridgehead atoms. The van der Waals surface area contributed by atoms with E-state index < -0.39 is 0 Å².